The van der Waals surface area contributed by atoms with Gasteiger partial charge in [-0.2, -0.15) is 13.2 Å². The number of benzene rings is 1. The summed E-state index contributed by atoms with van der Waals surface area (Å²) in [6.07, 6.45) is -3.87. The number of nitrogens with one attached hydrogen (secondary N) is 1. The lowest BCUT2D eigenvalue weighted by molar-refractivity contribution is -0.137. The standard InChI is InChI=1S/C14H17BrF3NO/c1-9(2)12(7-8-15)19-13(20)10-5-3-4-6-11(10)14(16,17)18/h3-6,9,12H,7-8H2,1-2H3,(H,19,20). The maximum atomic E-state index is 12.9. The number of amides is 1. The van der Waals surface area contributed by atoms with E-state index in [9.17, 15) is 18.0 Å². The van der Waals surface area contributed by atoms with E-state index in [-0.39, 0.29) is 17.5 Å². The molecule has 112 valence electrons. The molecule has 1 atom stereocenters. The monoisotopic (exact) mass is 351 g/mol. The Morgan fingerprint density at radius 2 is 1.90 bits per heavy atom. The number of carbonyl (C=O) groups is 1. The molecular weight excluding hydrogens is 335 g/mol. The minimum absolute atomic E-state index is 0.148. The number of hydrogen-bond acceptors (Lipinski definition) is 1. The van der Waals surface area contributed by atoms with Crippen LogP contribution in [0, 0.1) is 5.92 Å². The molecule has 1 aromatic carbocycles. The number of halogens is 4. The highest BCUT2D eigenvalue weighted by atomic mass is 79.9. The molecule has 0 aliphatic rings. The smallest absolute Gasteiger partial charge is 0.349 e. The van der Waals surface area contributed by atoms with E-state index in [1.807, 2.05) is 13.8 Å². The first-order valence-corrected chi connectivity index (χ1v) is 7.42. The number of rotatable bonds is 5. The van der Waals surface area contributed by atoms with Crippen molar-refractivity contribution in [2.24, 2.45) is 5.92 Å². The third-order valence-electron chi connectivity index (χ3n) is 3.02. The second kappa shape index (κ2) is 7.11. The molecular formula is C14H17BrF3NO. The zero-order chi connectivity index (χ0) is 15.3. The zero-order valence-corrected chi connectivity index (χ0v) is 12.9. The van der Waals surface area contributed by atoms with Gasteiger partial charge in [0.1, 0.15) is 0 Å². The van der Waals surface area contributed by atoms with Gasteiger partial charge in [-0.15, -0.1) is 0 Å². The fourth-order valence-corrected chi connectivity index (χ4v) is 2.36. The van der Waals surface area contributed by atoms with Gasteiger partial charge in [-0.1, -0.05) is 41.9 Å². The lowest BCUT2D eigenvalue weighted by Crippen LogP contribution is -2.39. The van der Waals surface area contributed by atoms with E-state index >= 15 is 0 Å². The summed E-state index contributed by atoms with van der Waals surface area (Å²) in [5.41, 5.74) is -1.24. The Labute approximate surface area is 124 Å². The normalized spacial score (nSPS) is 13.3. The van der Waals surface area contributed by atoms with Crippen molar-refractivity contribution >= 4 is 21.8 Å². The molecule has 1 unspecified atom stereocenters. The Hall–Kier alpha value is -1.04. The van der Waals surface area contributed by atoms with Gasteiger partial charge in [-0.25, -0.2) is 0 Å². The first kappa shape index (κ1) is 17.0. The van der Waals surface area contributed by atoms with Crippen LogP contribution in [0.1, 0.15) is 36.2 Å². The van der Waals surface area contributed by atoms with Crippen LogP contribution in [0.15, 0.2) is 24.3 Å². The van der Waals surface area contributed by atoms with Crippen molar-refractivity contribution in [3.63, 3.8) is 0 Å². The molecule has 0 fully saturated rings. The predicted octanol–water partition coefficient (Wildman–Crippen LogP) is 4.24. The molecule has 0 heterocycles. The predicted molar refractivity (Wildman–Crippen MR) is 75.9 cm³/mol. The average molecular weight is 352 g/mol. The lowest BCUT2D eigenvalue weighted by atomic mass is 10.00. The van der Waals surface area contributed by atoms with Gasteiger partial charge < -0.3 is 5.32 Å². The van der Waals surface area contributed by atoms with E-state index < -0.39 is 17.6 Å². The van der Waals surface area contributed by atoms with Crippen LogP contribution in [-0.4, -0.2) is 17.3 Å². The summed E-state index contributed by atoms with van der Waals surface area (Å²) in [4.78, 5) is 12.1. The second-order valence-electron chi connectivity index (χ2n) is 4.84. The van der Waals surface area contributed by atoms with Crippen LogP contribution in [0.25, 0.3) is 0 Å². The molecule has 0 spiro atoms. The minimum Gasteiger partial charge on any atom is -0.349 e. The van der Waals surface area contributed by atoms with Gasteiger partial charge in [0.25, 0.3) is 5.91 Å². The van der Waals surface area contributed by atoms with E-state index in [0.717, 1.165) is 6.07 Å². The van der Waals surface area contributed by atoms with Gasteiger partial charge in [0.2, 0.25) is 0 Å². The summed E-state index contributed by atoms with van der Waals surface area (Å²) in [5, 5.41) is 3.35. The summed E-state index contributed by atoms with van der Waals surface area (Å²) in [5.74, 6) is -0.535. The third-order valence-corrected chi connectivity index (χ3v) is 3.48. The third kappa shape index (κ3) is 4.51. The van der Waals surface area contributed by atoms with Crippen LogP contribution >= 0.6 is 15.9 Å². The molecule has 20 heavy (non-hydrogen) atoms. The van der Waals surface area contributed by atoms with Crippen molar-refractivity contribution < 1.29 is 18.0 Å². The van der Waals surface area contributed by atoms with Gasteiger partial charge in [0, 0.05) is 11.4 Å². The SMILES string of the molecule is CC(C)C(CCBr)NC(=O)c1ccccc1C(F)(F)F. The van der Waals surface area contributed by atoms with Crippen LogP contribution in [0.3, 0.4) is 0 Å². The molecule has 1 rings (SSSR count). The molecule has 0 bridgehead atoms. The second-order valence-corrected chi connectivity index (χ2v) is 5.64. The fourth-order valence-electron chi connectivity index (χ4n) is 1.86. The van der Waals surface area contributed by atoms with Gasteiger partial charge in [0.05, 0.1) is 11.1 Å². The van der Waals surface area contributed by atoms with Crippen LogP contribution in [-0.2, 0) is 6.18 Å². The van der Waals surface area contributed by atoms with Crippen molar-refractivity contribution in [3.05, 3.63) is 35.4 Å². The number of alkyl halides is 4. The highest BCUT2D eigenvalue weighted by Gasteiger charge is 2.35. The summed E-state index contributed by atoms with van der Waals surface area (Å²) in [6.45, 7) is 3.84. The van der Waals surface area contributed by atoms with Gasteiger partial charge >= 0.3 is 6.18 Å². The van der Waals surface area contributed by atoms with E-state index in [1.165, 1.54) is 18.2 Å². The quantitative estimate of drug-likeness (QED) is 0.789. The molecule has 1 aromatic rings. The maximum Gasteiger partial charge on any atom is 0.417 e. The van der Waals surface area contributed by atoms with E-state index in [0.29, 0.717) is 11.8 Å². The average Bonchev–Trinajstić information content (AvgIpc) is 2.37. The Kier molecular flexibility index (Phi) is 6.05. The Bertz CT molecular complexity index is 460. The largest absolute Gasteiger partial charge is 0.417 e. The molecule has 2 nitrogen and oxygen atoms in total. The van der Waals surface area contributed by atoms with Crippen LogP contribution in [0.4, 0.5) is 13.2 Å². The molecule has 0 aliphatic heterocycles. The van der Waals surface area contributed by atoms with E-state index in [2.05, 4.69) is 21.2 Å². The molecule has 6 heteroatoms. The maximum absolute atomic E-state index is 12.9. The fraction of sp³-hybridized carbons (Fsp3) is 0.500. The Balaban J connectivity index is 2.98. The van der Waals surface area contributed by atoms with Crippen LogP contribution < -0.4 is 5.32 Å². The molecule has 1 N–H and O–H groups in total. The minimum atomic E-state index is -4.53. The van der Waals surface area contributed by atoms with E-state index in [1.54, 1.807) is 0 Å². The highest BCUT2D eigenvalue weighted by molar-refractivity contribution is 9.09. The molecule has 0 saturated heterocycles. The topological polar surface area (TPSA) is 29.1 Å². The Morgan fingerprint density at radius 1 is 1.30 bits per heavy atom. The van der Waals surface area contributed by atoms with Crippen molar-refractivity contribution in [1.29, 1.82) is 0 Å². The molecule has 0 aromatic heterocycles. The summed E-state index contributed by atoms with van der Waals surface area (Å²) in [7, 11) is 0. The first-order chi connectivity index (χ1) is 9.27. The summed E-state index contributed by atoms with van der Waals surface area (Å²) in [6, 6.07) is 4.66. The molecule has 0 radical (unpaired) electrons. The molecule has 0 aliphatic carbocycles. The van der Waals surface area contributed by atoms with Crippen LogP contribution in [0.5, 0.6) is 0 Å². The van der Waals surface area contributed by atoms with Crippen molar-refractivity contribution in [1.82, 2.24) is 5.32 Å². The van der Waals surface area contributed by atoms with Crippen molar-refractivity contribution in [3.8, 4) is 0 Å². The summed E-state index contributed by atoms with van der Waals surface area (Å²) < 4.78 is 38.6. The first-order valence-electron chi connectivity index (χ1n) is 6.30. The zero-order valence-electron chi connectivity index (χ0n) is 11.3. The van der Waals surface area contributed by atoms with Crippen molar-refractivity contribution in [2.45, 2.75) is 32.5 Å². The lowest BCUT2D eigenvalue weighted by Gasteiger charge is -2.22. The van der Waals surface area contributed by atoms with Crippen molar-refractivity contribution in [2.75, 3.05) is 5.33 Å². The number of hydrogen-bond donors (Lipinski definition) is 1. The van der Waals surface area contributed by atoms with Crippen LogP contribution in [0.2, 0.25) is 0 Å². The summed E-state index contributed by atoms with van der Waals surface area (Å²) >= 11 is 3.28. The molecule has 0 saturated carbocycles. The van der Waals surface area contributed by atoms with Gasteiger partial charge in [0.15, 0.2) is 0 Å². The van der Waals surface area contributed by atoms with Gasteiger partial charge in [-0.05, 0) is 24.5 Å². The van der Waals surface area contributed by atoms with Gasteiger partial charge in [-0.3, -0.25) is 4.79 Å². The molecule has 1 amide bonds. The number of carbonyl (C=O) groups excluding carboxylic acids is 1. The van der Waals surface area contributed by atoms with E-state index in [4.69, 9.17) is 0 Å². The Morgan fingerprint density at radius 3 is 2.40 bits per heavy atom. The highest BCUT2D eigenvalue weighted by Crippen LogP contribution is 2.31.